The molecule has 1 aliphatic carbocycles. The van der Waals surface area contributed by atoms with Crippen LogP contribution in [0.15, 0.2) is 29.0 Å². The van der Waals surface area contributed by atoms with Gasteiger partial charge in [0.15, 0.2) is 0 Å². The van der Waals surface area contributed by atoms with Crippen LogP contribution in [0.3, 0.4) is 0 Å². The molecule has 1 aliphatic rings. The van der Waals surface area contributed by atoms with Gasteiger partial charge in [-0.15, -0.1) is 0 Å². The zero-order valence-corrected chi connectivity index (χ0v) is 16.9. The van der Waals surface area contributed by atoms with Gasteiger partial charge in [0.25, 0.3) is 0 Å². The molecule has 0 aromatic carbocycles. The molecule has 9 heteroatoms. The zero-order chi connectivity index (χ0) is 20.6. The van der Waals surface area contributed by atoms with Crippen LogP contribution in [-0.4, -0.2) is 40.2 Å². The van der Waals surface area contributed by atoms with E-state index in [0.29, 0.717) is 24.2 Å². The van der Waals surface area contributed by atoms with Crippen molar-refractivity contribution in [1.82, 2.24) is 31.1 Å². The van der Waals surface area contributed by atoms with Crippen LogP contribution in [0.5, 0.6) is 0 Å². The second-order valence-electron chi connectivity index (χ2n) is 7.70. The third kappa shape index (κ3) is 6.00. The van der Waals surface area contributed by atoms with Crippen molar-refractivity contribution in [2.45, 2.75) is 45.6 Å². The first-order valence-corrected chi connectivity index (χ1v) is 10.1. The number of nitrogens with one attached hydrogen (secondary N) is 3. The molecule has 1 saturated carbocycles. The number of nitrogens with zero attached hydrogens (tertiary/aromatic N) is 3. The summed E-state index contributed by atoms with van der Waals surface area (Å²) in [7, 11) is 0. The van der Waals surface area contributed by atoms with E-state index in [2.05, 4.69) is 31.1 Å². The molecule has 1 atom stereocenters. The van der Waals surface area contributed by atoms with E-state index in [1.807, 2.05) is 13.8 Å². The maximum absolute atomic E-state index is 12.3. The summed E-state index contributed by atoms with van der Waals surface area (Å²) in [5, 5.41) is 12.3. The monoisotopic (exact) mass is 400 g/mol. The first-order chi connectivity index (χ1) is 14.0. The number of aromatic nitrogens is 3. The highest BCUT2D eigenvalue weighted by molar-refractivity contribution is 5.84. The van der Waals surface area contributed by atoms with Gasteiger partial charge < -0.3 is 20.5 Å². The van der Waals surface area contributed by atoms with Crippen molar-refractivity contribution in [2.75, 3.05) is 13.1 Å². The van der Waals surface area contributed by atoms with Crippen molar-refractivity contribution in [1.29, 1.82) is 0 Å². The molecule has 0 aliphatic heterocycles. The van der Waals surface area contributed by atoms with E-state index in [1.165, 1.54) is 12.8 Å². The van der Waals surface area contributed by atoms with E-state index in [-0.39, 0.29) is 24.4 Å². The number of pyridine rings is 1. The summed E-state index contributed by atoms with van der Waals surface area (Å²) in [6.45, 7) is 4.43. The Labute approximate surface area is 170 Å². The molecule has 2 heterocycles. The van der Waals surface area contributed by atoms with Crippen LogP contribution in [0.2, 0.25) is 0 Å². The average molecular weight is 400 g/mol. The molecule has 9 nitrogen and oxygen atoms in total. The summed E-state index contributed by atoms with van der Waals surface area (Å²) in [6.07, 6.45) is 8.06. The molecular weight excluding hydrogens is 372 g/mol. The molecule has 1 unspecified atom stereocenters. The van der Waals surface area contributed by atoms with Gasteiger partial charge in [-0.05, 0) is 36.8 Å². The van der Waals surface area contributed by atoms with Crippen molar-refractivity contribution < 1.29 is 14.1 Å². The lowest BCUT2D eigenvalue weighted by Crippen LogP contribution is -2.44. The van der Waals surface area contributed by atoms with E-state index < -0.39 is 6.04 Å². The van der Waals surface area contributed by atoms with E-state index >= 15 is 0 Å². The Kier molecular flexibility index (Phi) is 7.15. The van der Waals surface area contributed by atoms with Gasteiger partial charge in [0.1, 0.15) is 6.04 Å². The minimum Gasteiger partial charge on any atom is -0.343 e. The average Bonchev–Trinajstić information content (AvgIpc) is 3.41. The number of hydrogen-bond acceptors (Lipinski definition) is 6. The van der Waals surface area contributed by atoms with Crippen LogP contribution in [0.25, 0.3) is 11.4 Å². The molecule has 0 saturated heterocycles. The molecular formula is C20H28N6O3. The second kappa shape index (κ2) is 9.99. The number of hydrogen-bond donors (Lipinski definition) is 3. The lowest BCUT2D eigenvalue weighted by molar-refractivity contribution is -0.121. The largest absolute Gasteiger partial charge is 0.343 e. The highest BCUT2D eigenvalue weighted by Crippen LogP contribution is 2.24. The molecule has 156 valence electrons. The Bertz CT molecular complexity index is 802. The van der Waals surface area contributed by atoms with E-state index in [9.17, 15) is 9.59 Å². The van der Waals surface area contributed by atoms with E-state index in [0.717, 1.165) is 18.4 Å². The van der Waals surface area contributed by atoms with Crippen LogP contribution in [0.1, 0.15) is 51.5 Å². The molecule has 29 heavy (non-hydrogen) atoms. The molecule has 2 aromatic rings. The van der Waals surface area contributed by atoms with Gasteiger partial charge in [0, 0.05) is 24.5 Å². The third-order valence-corrected chi connectivity index (χ3v) is 5.07. The smallest absolute Gasteiger partial charge is 0.315 e. The minimum atomic E-state index is -0.450. The fraction of sp³-hybridized carbons (Fsp3) is 0.550. The number of carbonyl (C=O) groups excluding carboxylic acids is 2. The molecule has 3 rings (SSSR count). The Balaban J connectivity index is 1.50. The first-order valence-electron chi connectivity index (χ1n) is 10.1. The number of urea groups is 1. The van der Waals surface area contributed by atoms with Gasteiger partial charge >= 0.3 is 6.03 Å². The molecule has 3 N–H and O–H groups in total. The summed E-state index contributed by atoms with van der Waals surface area (Å²) in [4.78, 5) is 32.6. The summed E-state index contributed by atoms with van der Waals surface area (Å²) in [6, 6.07) is 2.79. The zero-order valence-electron chi connectivity index (χ0n) is 16.9. The third-order valence-electron chi connectivity index (χ3n) is 5.07. The molecule has 2 aromatic heterocycles. The maximum atomic E-state index is 12.3. The molecule has 0 bridgehead atoms. The Morgan fingerprint density at radius 3 is 2.59 bits per heavy atom. The van der Waals surface area contributed by atoms with Gasteiger partial charge in [-0.1, -0.05) is 31.8 Å². The van der Waals surface area contributed by atoms with Gasteiger partial charge in [0.05, 0.1) is 6.54 Å². The summed E-state index contributed by atoms with van der Waals surface area (Å²) in [5.74, 6) is 1.02. The summed E-state index contributed by atoms with van der Waals surface area (Å²) < 4.78 is 5.37. The predicted molar refractivity (Wildman–Crippen MR) is 107 cm³/mol. The quantitative estimate of drug-likeness (QED) is 0.626. The van der Waals surface area contributed by atoms with E-state index in [4.69, 9.17) is 4.52 Å². The molecule has 0 spiro atoms. The van der Waals surface area contributed by atoms with Gasteiger partial charge in [0.2, 0.25) is 17.6 Å². The topological polar surface area (TPSA) is 122 Å². The highest BCUT2D eigenvalue weighted by atomic mass is 16.5. The fourth-order valence-corrected chi connectivity index (χ4v) is 3.39. The van der Waals surface area contributed by atoms with Gasteiger partial charge in [-0.25, -0.2) is 4.79 Å². The van der Waals surface area contributed by atoms with Crippen LogP contribution < -0.4 is 16.0 Å². The van der Waals surface area contributed by atoms with Gasteiger partial charge in [-0.3, -0.25) is 9.78 Å². The normalized spacial score (nSPS) is 15.3. The Hall–Kier alpha value is -2.97. The van der Waals surface area contributed by atoms with Crippen molar-refractivity contribution in [3.05, 3.63) is 30.4 Å². The Morgan fingerprint density at radius 2 is 1.90 bits per heavy atom. The molecule has 0 radical (unpaired) electrons. The standard InChI is InChI=1S/C20H28N6O3/c1-13(2)17(19-25-18(26-29-19)15-7-9-21-10-8-15)24-16(27)12-23-20(28)22-11-14-5-3-4-6-14/h7-10,13-14,17H,3-6,11-12H2,1-2H3,(H,24,27)(H2,22,23,28). The van der Waals surface area contributed by atoms with Crippen molar-refractivity contribution in [3.8, 4) is 11.4 Å². The number of carbonyl (C=O) groups is 2. The number of amides is 3. The fourth-order valence-electron chi connectivity index (χ4n) is 3.39. The lowest BCUT2D eigenvalue weighted by atomic mass is 10.0. The second-order valence-corrected chi connectivity index (χ2v) is 7.70. The van der Waals surface area contributed by atoms with Crippen LogP contribution >= 0.6 is 0 Å². The van der Waals surface area contributed by atoms with Gasteiger partial charge in [-0.2, -0.15) is 4.98 Å². The summed E-state index contributed by atoms with van der Waals surface area (Å²) >= 11 is 0. The first kappa shape index (κ1) is 20.8. The SMILES string of the molecule is CC(C)C(NC(=O)CNC(=O)NCC1CCCC1)c1nc(-c2ccncc2)no1. The van der Waals surface area contributed by atoms with Crippen LogP contribution in [0.4, 0.5) is 4.79 Å². The van der Waals surface area contributed by atoms with Crippen LogP contribution in [-0.2, 0) is 4.79 Å². The molecule has 3 amide bonds. The maximum Gasteiger partial charge on any atom is 0.315 e. The van der Waals surface area contributed by atoms with Crippen molar-refractivity contribution >= 4 is 11.9 Å². The minimum absolute atomic E-state index is 0.0286. The molecule has 1 fully saturated rings. The van der Waals surface area contributed by atoms with Crippen molar-refractivity contribution in [3.63, 3.8) is 0 Å². The van der Waals surface area contributed by atoms with Crippen molar-refractivity contribution in [2.24, 2.45) is 11.8 Å². The van der Waals surface area contributed by atoms with E-state index in [1.54, 1.807) is 24.5 Å². The van der Waals surface area contributed by atoms with Crippen LogP contribution in [0, 0.1) is 11.8 Å². The Morgan fingerprint density at radius 1 is 1.17 bits per heavy atom. The highest BCUT2D eigenvalue weighted by Gasteiger charge is 2.25. The lowest BCUT2D eigenvalue weighted by Gasteiger charge is -2.19. The predicted octanol–water partition coefficient (Wildman–Crippen LogP) is 2.43. The number of rotatable bonds is 8. The summed E-state index contributed by atoms with van der Waals surface area (Å²) in [5.41, 5.74) is 0.782.